The normalized spacial score (nSPS) is 12.4. The fourth-order valence-electron chi connectivity index (χ4n) is 24.5. The van der Waals surface area contributed by atoms with E-state index in [4.69, 9.17) is 44.2 Å². The van der Waals surface area contributed by atoms with Crippen LogP contribution in [0, 0.1) is 0 Å². The van der Waals surface area contributed by atoms with Crippen molar-refractivity contribution < 1.29 is 44.2 Å². The molecular weight excluding hydrogens is 1870 g/mol. The van der Waals surface area contributed by atoms with Gasteiger partial charge < -0.3 is 44.2 Å². The van der Waals surface area contributed by atoms with Crippen molar-refractivity contribution in [2.24, 2.45) is 0 Å². The lowest BCUT2D eigenvalue weighted by Crippen LogP contribution is -2.74. The molecule has 0 aliphatic carbocycles. The van der Waals surface area contributed by atoms with Crippen molar-refractivity contribution in [3.8, 4) is 55.6 Å². The maximum Gasteiger partial charge on any atom is 0.179 e. The highest BCUT2D eigenvalue weighted by molar-refractivity contribution is 7.20. The molecule has 700 valence electrons. The number of hydrogen-bond donors (Lipinski definition) is 0. The predicted octanol–water partition coefficient (Wildman–Crippen LogP) is 33.5. The molecule has 0 amide bonds. The molecule has 10 nitrogen and oxygen atoms in total. The maximum absolute atomic E-state index is 6.82. The van der Waals surface area contributed by atoms with Crippen LogP contribution >= 0.6 is 0 Å². The van der Waals surface area contributed by atoms with Crippen LogP contribution in [0.4, 0.5) is 0 Å². The zero-order valence-corrected chi connectivity index (χ0v) is 82.3. The smallest absolute Gasteiger partial charge is 0.179 e. The van der Waals surface area contributed by atoms with Crippen LogP contribution in [0.15, 0.2) is 529 Å². The van der Waals surface area contributed by atoms with Crippen molar-refractivity contribution in [3.63, 3.8) is 0 Å². The average molecular weight is 1950 g/mol. The Morgan fingerprint density at radius 3 is 0.387 bits per heavy atom. The number of furan rings is 10. The highest BCUT2D eigenvalue weighted by Crippen LogP contribution is 2.47. The predicted molar refractivity (Wildman–Crippen MR) is 620 cm³/mol. The minimum Gasteiger partial charge on any atom is -0.456 e. The van der Waals surface area contributed by atoms with Crippen molar-refractivity contribution in [2.75, 3.05) is 0 Å². The highest BCUT2D eigenvalue weighted by atomic mass is 28.3. The summed E-state index contributed by atoms with van der Waals surface area (Å²) in [5.74, 6) is 0. The van der Waals surface area contributed by atoms with Crippen molar-refractivity contribution >= 4 is 277 Å². The molecule has 0 fully saturated rings. The third-order valence-corrected chi connectivity index (χ3v) is 41.1. The van der Waals surface area contributed by atoms with E-state index in [2.05, 4.69) is 485 Å². The molecule has 0 radical (unpaired) electrons. The molecule has 23 aromatic carbocycles. The molecule has 33 aromatic rings. The summed E-state index contributed by atoms with van der Waals surface area (Å²) in [5, 5.41) is 31.0. The molecule has 12 heteroatoms. The molecule has 0 aliphatic rings. The Morgan fingerprint density at radius 2 is 0.220 bits per heavy atom. The molecule has 0 N–H and O–H groups in total. The second kappa shape index (κ2) is 32.5. The second-order valence-electron chi connectivity index (χ2n) is 39.8. The standard InChI is InChI=1S/C78H44O6Si.C60H36O4Si/c1-5-13-45(14-6-1)48-21-27-67-55(33-48)61-39-64-58-36-52(24-30-70(58)82-76(64)42-73(61)79-67)85(51-19-11-4-12-20-51,53-25-31-71-59(37-53)65-40-62-56-34-49(46-15-7-2-8-16-46)22-28-68(56)80-74(62)43-77(65)83-71)54-26-32-72-60(38-54)66-41-63-57-35-50(47-17-9-3-10-18-47)23-29-69(57)81-75(63)44-78(66)84-72;1-5-13-37(14-6-1)39-21-25-53-45(29-39)49-33-51-47-31-43(23-27-55(47)63-59(51)35-57(49)61-53)65(41-17-9-3-10-18-41,42-19-11-4-12-20-42)44-24-28-56-48(32-44)52-34-50-46-30-40(38-15-7-2-8-16-38)22-26-54(46)62-58(50)36-60(52)64-56/h1-44H;1-36H. The molecule has 0 saturated heterocycles. The Bertz CT molecular complexity index is 10600. The second-order valence-corrected chi connectivity index (χ2v) is 47.4. The molecule has 0 atom stereocenters. The number of fused-ring (bicyclic) bond motifs is 30. The fourth-order valence-corrected chi connectivity index (χ4v) is 34.1. The Morgan fingerprint density at radius 1 is 0.0867 bits per heavy atom. The molecule has 33 rings (SSSR count). The summed E-state index contributed by atoms with van der Waals surface area (Å²) >= 11 is 0. The summed E-state index contributed by atoms with van der Waals surface area (Å²) in [7, 11) is -6.44. The first-order chi connectivity index (χ1) is 74.2. The summed E-state index contributed by atoms with van der Waals surface area (Å²) in [6.07, 6.45) is 0. The van der Waals surface area contributed by atoms with Crippen LogP contribution in [0.2, 0.25) is 0 Å². The van der Waals surface area contributed by atoms with Crippen molar-refractivity contribution in [1.29, 1.82) is 0 Å². The Labute approximate surface area is 855 Å². The van der Waals surface area contributed by atoms with E-state index in [9.17, 15) is 0 Å². The number of benzene rings is 23. The van der Waals surface area contributed by atoms with Crippen LogP contribution in [0.1, 0.15) is 0 Å². The van der Waals surface area contributed by atoms with Crippen LogP contribution in [-0.2, 0) is 0 Å². The summed E-state index contributed by atoms with van der Waals surface area (Å²) in [5.41, 5.74) is 27.8. The van der Waals surface area contributed by atoms with Gasteiger partial charge >= 0.3 is 0 Å². The fraction of sp³-hybridized carbons (Fsp3) is 0. The van der Waals surface area contributed by atoms with Gasteiger partial charge in [0, 0.05) is 138 Å². The molecule has 0 unspecified atom stereocenters. The first kappa shape index (κ1) is 83.9. The molecule has 0 bridgehead atoms. The third kappa shape index (κ3) is 12.9. The van der Waals surface area contributed by atoms with E-state index in [1.54, 1.807) is 0 Å². The van der Waals surface area contributed by atoms with Gasteiger partial charge in [0.15, 0.2) is 16.1 Å². The first-order valence-corrected chi connectivity index (χ1v) is 54.8. The van der Waals surface area contributed by atoms with Crippen molar-refractivity contribution in [1.82, 2.24) is 0 Å². The van der Waals surface area contributed by atoms with E-state index in [1.165, 1.54) is 52.6 Å². The minimum absolute atomic E-state index is 0.773. The maximum atomic E-state index is 6.82. The van der Waals surface area contributed by atoms with Crippen molar-refractivity contribution in [3.05, 3.63) is 485 Å². The number of hydrogen-bond acceptors (Lipinski definition) is 10. The van der Waals surface area contributed by atoms with Gasteiger partial charge in [-0.25, -0.2) is 0 Å². The first-order valence-electron chi connectivity index (χ1n) is 50.8. The molecule has 0 saturated carbocycles. The van der Waals surface area contributed by atoms with Gasteiger partial charge in [0.25, 0.3) is 0 Å². The quantitative estimate of drug-likeness (QED) is 0.0812. The zero-order valence-electron chi connectivity index (χ0n) is 80.3. The lowest BCUT2D eigenvalue weighted by Gasteiger charge is -2.34. The molecule has 10 heterocycles. The monoisotopic (exact) mass is 1950 g/mol. The van der Waals surface area contributed by atoms with Gasteiger partial charge in [-0.05, 0) is 218 Å². The van der Waals surface area contributed by atoms with E-state index in [0.29, 0.717) is 0 Å². The Hall–Kier alpha value is -19.5. The lowest BCUT2D eigenvalue weighted by molar-refractivity contribution is 0.655. The van der Waals surface area contributed by atoms with Gasteiger partial charge in [-0.2, -0.15) is 0 Å². The summed E-state index contributed by atoms with van der Waals surface area (Å²) < 4.78 is 66.4. The van der Waals surface area contributed by atoms with Gasteiger partial charge in [-0.15, -0.1) is 0 Å². The number of rotatable bonds is 13. The lowest BCUT2D eigenvalue weighted by atomic mass is 10.0. The highest BCUT2D eigenvalue weighted by Gasteiger charge is 2.45. The zero-order chi connectivity index (χ0) is 98.1. The van der Waals surface area contributed by atoms with Gasteiger partial charge in [0.2, 0.25) is 0 Å². The van der Waals surface area contributed by atoms with E-state index in [1.807, 2.05) is 0 Å². The van der Waals surface area contributed by atoms with Crippen LogP contribution in [0.25, 0.3) is 275 Å². The van der Waals surface area contributed by atoms with Gasteiger partial charge in [-0.1, -0.05) is 334 Å². The van der Waals surface area contributed by atoms with Gasteiger partial charge in [-0.3, -0.25) is 0 Å². The van der Waals surface area contributed by atoms with Crippen LogP contribution < -0.4 is 41.5 Å². The van der Waals surface area contributed by atoms with E-state index in [-0.39, 0.29) is 0 Å². The average Bonchev–Trinajstić information content (AvgIpc) is 1.41. The molecular formula is C138H80O10Si2. The molecule has 10 aromatic heterocycles. The topological polar surface area (TPSA) is 131 Å². The van der Waals surface area contributed by atoms with Gasteiger partial charge in [0.05, 0.1) is 0 Å². The summed E-state index contributed by atoms with van der Waals surface area (Å²) in [6.45, 7) is 0. The molecule has 0 aliphatic heterocycles. The van der Waals surface area contributed by atoms with Crippen LogP contribution in [0.5, 0.6) is 0 Å². The Kier molecular flexibility index (Phi) is 18.2. The molecule has 150 heavy (non-hydrogen) atoms. The van der Waals surface area contributed by atoms with E-state index >= 15 is 0 Å². The summed E-state index contributed by atoms with van der Waals surface area (Å²) in [6, 6.07) is 174. The third-order valence-electron chi connectivity index (χ3n) is 31.6. The summed E-state index contributed by atoms with van der Waals surface area (Å²) in [4.78, 5) is 0. The van der Waals surface area contributed by atoms with Crippen LogP contribution in [0.3, 0.4) is 0 Å². The largest absolute Gasteiger partial charge is 0.456 e. The van der Waals surface area contributed by atoms with Gasteiger partial charge in [0.1, 0.15) is 112 Å². The minimum atomic E-state index is -3.40. The SMILES string of the molecule is c1ccc(-c2ccc3oc4cc5oc6ccc([Si](c7ccccc7)(c7ccc8oc9cc%10oc%11ccc(-c%12ccccc%12)cc%11c%10cc9c8c7)c7ccc8oc9cc%10oc%11ccc(-c%12ccccc%12)cc%11c%10cc9c8c7)cc6c5cc4c3c2)cc1.c1ccc(-c2ccc3oc4cc5oc6ccc([Si](c7ccccc7)(c7ccccc7)c7ccc8oc9cc%10oc%11ccc(-c%12ccccc%12)cc%11c%10cc9c8c7)cc6c5cc4c3c2)cc1. The van der Waals surface area contributed by atoms with E-state index in [0.717, 1.165) is 264 Å². The Balaban J connectivity index is 0.000000137. The van der Waals surface area contributed by atoms with E-state index < -0.39 is 16.1 Å². The van der Waals surface area contributed by atoms with Crippen LogP contribution in [-0.4, -0.2) is 16.1 Å². The van der Waals surface area contributed by atoms with Crippen molar-refractivity contribution in [2.45, 2.75) is 0 Å². The molecule has 0 spiro atoms.